The van der Waals surface area contributed by atoms with Gasteiger partial charge in [0.2, 0.25) is 0 Å². The van der Waals surface area contributed by atoms with Gasteiger partial charge in [0, 0.05) is 11.9 Å². The molecule has 0 aromatic rings. The summed E-state index contributed by atoms with van der Waals surface area (Å²) >= 11 is 1.96. The summed E-state index contributed by atoms with van der Waals surface area (Å²) in [6, 6.07) is 0. The Morgan fingerprint density at radius 3 is 2.67 bits per heavy atom. The van der Waals surface area contributed by atoms with Gasteiger partial charge >= 0.3 is 0 Å². The molecule has 0 amide bonds. The Bertz CT molecular complexity index is 301. The lowest BCUT2D eigenvalue weighted by Gasteiger charge is -2.49. The number of hydrogen-bond donors (Lipinski definition) is 1. The van der Waals surface area contributed by atoms with Gasteiger partial charge < -0.3 is 9.84 Å². The third-order valence-electron chi connectivity index (χ3n) is 5.51. The van der Waals surface area contributed by atoms with E-state index in [1.54, 1.807) is 0 Å². The van der Waals surface area contributed by atoms with E-state index in [0.717, 1.165) is 25.9 Å². The number of aliphatic hydroxyl groups is 1. The molecule has 2 heterocycles. The van der Waals surface area contributed by atoms with Gasteiger partial charge in [-0.15, -0.1) is 0 Å². The second-order valence-electron chi connectivity index (χ2n) is 6.54. The quantitative estimate of drug-likeness (QED) is 0.792. The van der Waals surface area contributed by atoms with Crippen LogP contribution in [0.3, 0.4) is 0 Å². The Morgan fingerprint density at radius 1 is 1.17 bits per heavy atom. The van der Waals surface area contributed by atoms with Crippen LogP contribution in [-0.4, -0.2) is 33.9 Å². The normalized spacial score (nSPS) is 44.3. The van der Waals surface area contributed by atoms with E-state index in [2.05, 4.69) is 6.92 Å². The Balaban J connectivity index is 1.74. The molecule has 1 aliphatic carbocycles. The van der Waals surface area contributed by atoms with Crippen molar-refractivity contribution < 1.29 is 9.84 Å². The highest BCUT2D eigenvalue weighted by Gasteiger charge is 2.49. The Morgan fingerprint density at radius 2 is 1.94 bits per heavy atom. The smallest absolute Gasteiger partial charge is 0.0793 e. The van der Waals surface area contributed by atoms with Crippen LogP contribution in [0.25, 0.3) is 0 Å². The molecule has 1 spiro atoms. The zero-order valence-electron chi connectivity index (χ0n) is 11.5. The van der Waals surface area contributed by atoms with Crippen LogP contribution in [0.15, 0.2) is 0 Å². The third-order valence-corrected chi connectivity index (χ3v) is 6.94. The van der Waals surface area contributed by atoms with Crippen molar-refractivity contribution in [1.82, 2.24) is 0 Å². The number of ether oxygens (including phenoxy) is 1. The van der Waals surface area contributed by atoms with Crippen molar-refractivity contribution in [2.24, 2.45) is 5.92 Å². The fraction of sp³-hybridized carbons (Fsp3) is 1.00. The molecule has 0 aromatic heterocycles. The Hall–Kier alpha value is 0.270. The molecule has 3 atom stereocenters. The van der Waals surface area contributed by atoms with Crippen molar-refractivity contribution in [2.75, 3.05) is 12.4 Å². The van der Waals surface area contributed by atoms with Crippen LogP contribution >= 0.6 is 11.8 Å². The number of thioether (sulfide) groups is 1. The molecule has 0 aromatic carbocycles. The summed E-state index contributed by atoms with van der Waals surface area (Å²) < 4.78 is 6.11. The van der Waals surface area contributed by atoms with Crippen LogP contribution in [0.5, 0.6) is 0 Å². The minimum atomic E-state index is -0.428. The topological polar surface area (TPSA) is 29.5 Å². The molecule has 1 N–H and O–H groups in total. The molecule has 2 saturated heterocycles. The maximum atomic E-state index is 11.1. The highest BCUT2D eigenvalue weighted by atomic mass is 32.2. The maximum Gasteiger partial charge on any atom is 0.0793 e. The van der Waals surface area contributed by atoms with E-state index < -0.39 is 5.60 Å². The van der Waals surface area contributed by atoms with Crippen molar-refractivity contribution in [3.63, 3.8) is 0 Å². The average molecular weight is 270 g/mol. The zero-order valence-corrected chi connectivity index (χ0v) is 12.3. The first-order valence-corrected chi connectivity index (χ1v) is 8.67. The summed E-state index contributed by atoms with van der Waals surface area (Å²) in [6.07, 6.45) is 9.42. The van der Waals surface area contributed by atoms with E-state index >= 15 is 0 Å². The molecule has 1 saturated carbocycles. The lowest BCUT2D eigenvalue weighted by molar-refractivity contribution is -0.142. The van der Waals surface area contributed by atoms with Crippen molar-refractivity contribution in [2.45, 2.75) is 74.7 Å². The third kappa shape index (κ3) is 2.23. The van der Waals surface area contributed by atoms with Gasteiger partial charge in [-0.1, -0.05) is 19.8 Å². The van der Waals surface area contributed by atoms with Gasteiger partial charge in [0.15, 0.2) is 0 Å². The molecule has 3 heteroatoms. The van der Waals surface area contributed by atoms with Crippen molar-refractivity contribution in [3.8, 4) is 0 Å². The van der Waals surface area contributed by atoms with Crippen molar-refractivity contribution >= 4 is 11.8 Å². The van der Waals surface area contributed by atoms with Crippen LogP contribution in [0.4, 0.5) is 0 Å². The highest BCUT2D eigenvalue weighted by molar-refractivity contribution is 8.00. The van der Waals surface area contributed by atoms with E-state index in [9.17, 15) is 5.11 Å². The number of hydrogen-bond acceptors (Lipinski definition) is 3. The van der Waals surface area contributed by atoms with Crippen LogP contribution in [0.1, 0.15) is 58.3 Å². The van der Waals surface area contributed by atoms with Gasteiger partial charge in [-0.3, -0.25) is 0 Å². The highest BCUT2D eigenvalue weighted by Crippen LogP contribution is 2.49. The molecule has 3 fully saturated rings. The zero-order chi connectivity index (χ0) is 12.6. The standard InChI is InChI=1S/C15H26O2S/c1-12-15(16,8-4-10-18-12)13-5-9-17-14(11-13)6-2-3-7-14/h12-13,16H,2-11H2,1H3. The number of rotatable bonds is 1. The molecule has 0 radical (unpaired) electrons. The first-order chi connectivity index (χ1) is 8.65. The van der Waals surface area contributed by atoms with Crippen LogP contribution < -0.4 is 0 Å². The van der Waals surface area contributed by atoms with Crippen LogP contribution in [-0.2, 0) is 4.74 Å². The largest absolute Gasteiger partial charge is 0.388 e. The monoisotopic (exact) mass is 270 g/mol. The van der Waals surface area contributed by atoms with Gasteiger partial charge in [0.25, 0.3) is 0 Å². The van der Waals surface area contributed by atoms with Crippen LogP contribution in [0, 0.1) is 5.92 Å². The summed E-state index contributed by atoms with van der Waals surface area (Å²) in [4.78, 5) is 0. The summed E-state index contributed by atoms with van der Waals surface area (Å²) in [5, 5.41) is 11.5. The van der Waals surface area contributed by atoms with E-state index in [1.165, 1.54) is 37.9 Å². The first kappa shape index (κ1) is 13.3. The molecular weight excluding hydrogens is 244 g/mol. The molecule has 3 unspecified atom stereocenters. The molecule has 0 bridgehead atoms. The van der Waals surface area contributed by atoms with Gasteiger partial charge in [-0.05, 0) is 50.2 Å². The molecule has 3 aliphatic rings. The van der Waals surface area contributed by atoms with E-state index in [1.807, 2.05) is 11.8 Å². The lowest BCUT2D eigenvalue weighted by atomic mass is 9.71. The van der Waals surface area contributed by atoms with E-state index in [0.29, 0.717) is 11.2 Å². The van der Waals surface area contributed by atoms with Gasteiger partial charge in [-0.25, -0.2) is 0 Å². The minimum absolute atomic E-state index is 0.139. The summed E-state index contributed by atoms with van der Waals surface area (Å²) in [6.45, 7) is 3.09. The lowest BCUT2D eigenvalue weighted by Crippen LogP contribution is -2.53. The van der Waals surface area contributed by atoms with Crippen molar-refractivity contribution in [1.29, 1.82) is 0 Å². The Labute approximate surface area is 115 Å². The molecule has 2 aliphatic heterocycles. The SMILES string of the molecule is CC1SCCCC1(O)C1CCOC2(CCCC2)C1. The first-order valence-electron chi connectivity index (χ1n) is 7.63. The van der Waals surface area contributed by atoms with Gasteiger partial charge in [0.1, 0.15) is 0 Å². The fourth-order valence-electron chi connectivity index (χ4n) is 4.32. The fourth-order valence-corrected chi connectivity index (χ4v) is 5.58. The molecular formula is C15H26O2S. The van der Waals surface area contributed by atoms with Gasteiger partial charge in [0.05, 0.1) is 11.2 Å². The van der Waals surface area contributed by atoms with Crippen molar-refractivity contribution in [3.05, 3.63) is 0 Å². The van der Waals surface area contributed by atoms with E-state index in [4.69, 9.17) is 4.74 Å². The summed E-state index contributed by atoms with van der Waals surface area (Å²) in [5.74, 6) is 1.69. The summed E-state index contributed by atoms with van der Waals surface area (Å²) in [5.41, 5.74) is -0.289. The van der Waals surface area contributed by atoms with Crippen LogP contribution in [0.2, 0.25) is 0 Å². The predicted octanol–water partition coefficient (Wildman–Crippen LogP) is 3.37. The molecule has 2 nitrogen and oxygen atoms in total. The van der Waals surface area contributed by atoms with Gasteiger partial charge in [-0.2, -0.15) is 11.8 Å². The predicted molar refractivity (Wildman–Crippen MR) is 76.0 cm³/mol. The minimum Gasteiger partial charge on any atom is -0.388 e. The molecule has 18 heavy (non-hydrogen) atoms. The Kier molecular flexibility index (Phi) is 3.68. The second kappa shape index (κ2) is 4.99. The van der Waals surface area contributed by atoms with E-state index in [-0.39, 0.29) is 5.60 Å². The second-order valence-corrected chi connectivity index (χ2v) is 7.98. The maximum absolute atomic E-state index is 11.1. The molecule has 104 valence electrons. The summed E-state index contributed by atoms with van der Waals surface area (Å²) in [7, 11) is 0. The average Bonchev–Trinajstić information content (AvgIpc) is 2.81. The molecule has 3 rings (SSSR count).